The van der Waals surface area contributed by atoms with Crippen molar-refractivity contribution in [1.82, 2.24) is 5.32 Å². The Bertz CT molecular complexity index is 938. The minimum absolute atomic E-state index is 0.271. The van der Waals surface area contributed by atoms with E-state index < -0.39 is 0 Å². The second-order valence-electron chi connectivity index (χ2n) is 5.79. The van der Waals surface area contributed by atoms with Crippen LogP contribution in [0.25, 0.3) is 6.08 Å². The van der Waals surface area contributed by atoms with Crippen molar-refractivity contribution in [2.24, 2.45) is 4.99 Å². The van der Waals surface area contributed by atoms with E-state index in [0.29, 0.717) is 45.8 Å². The van der Waals surface area contributed by atoms with Gasteiger partial charge < -0.3 is 19.5 Å². The smallest absolute Gasteiger partial charge is 0.275 e. The molecule has 1 heterocycles. The summed E-state index contributed by atoms with van der Waals surface area (Å²) in [4.78, 5) is 16.7. The van der Waals surface area contributed by atoms with Gasteiger partial charge in [-0.2, -0.15) is 0 Å². The van der Waals surface area contributed by atoms with Gasteiger partial charge in [-0.15, -0.1) is 0 Å². The average molecular weight is 387 g/mol. The molecule has 0 spiro atoms. The normalized spacial score (nSPS) is 14.7. The van der Waals surface area contributed by atoms with Crippen molar-refractivity contribution in [2.75, 3.05) is 21.3 Å². The molecule has 2 aromatic rings. The largest absolute Gasteiger partial charge is 0.496 e. The maximum Gasteiger partial charge on any atom is 0.275 e. The van der Waals surface area contributed by atoms with Gasteiger partial charge in [0.25, 0.3) is 5.91 Å². The standard InChI is InChI=1S/C20H19ClN2O4/c1-25-16-7-5-14(21)10-13(16)11-15-20(24)23-19(22-15)9-12-4-6-17(26-2)18(8-12)27-3/h4-8,10-11H,9H2,1-3H3,(H,22,23,24)/b15-11+. The van der Waals surface area contributed by atoms with E-state index in [2.05, 4.69) is 10.3 Å². The number of carbonyl (C=O) groups excluding carboxylic acids is 1. The van der Waals surface area contributed by atoms with Crippen LogP contribution < -0.4 is 19.5 Å². The van der Waals surface area contributed by atoms with Crippen molar-refractivity contribution in [2.45, 2.75) is 6.42 Å². The molecule has 2 aromatic carbocycles. The second-order valence-corrected chi connectivity index (χ2v) is 6.23. The van der Waals surface area contributed by atoms with Crippen LogP contribution in [0.2, 0.25) is 5.02 Å². The fourth-order valence-electron chi connectivity index (χ4n) is 2.75. The van der Waals surface area contributed by atoms with Crippen LogP contribution in [0.15, 0.2) is 47.1 Å². The highest BCUT2D eigenvalue weighted by atomic mass is 35.5. The Kier molecular flexibility index (Phi) is 5.66. The first kappa shape index (κ1) is 18.8. The number of aliphatic imine (C=N–C) groups is 1. The monoisotopic (exact) mass is 386 g/mol. The third kappa shape index (κ3) is 4.23. The Morgan fingerprint density at radius 2 is 1.70 bits per heavy atom. The first-order valence-electron chi connectivity index (χ1n) is 8.19. The lowest BCUT2D eigenvalue weighted by molar-refractivity contribution is -0.115. The van der Waals surface area contributed by atoms with Crippen LogP contribution in [0.5, 0.6) is 17.2 Å². The molecule has 0 bridgehead atoms. The molecule has 1 aliphatic heterocycles. The maximum atomic E-state index is 12.3. The summed E-state index contributed by atoms with van der Waals surface area (Å²) < 4.78 is 15.9. The van der Waals surface area contributed by atoms with Crippen LogP contribution in [0.4, 0.5) is 0 Å². The summed E-state index contributed by atoms with van der Waals surface area (Å²) in [5, 5.41) is 3.34. The molecule has 0 fully saturated rings. The topological polar surface area (TPSA) is 69.2 Å². The van der Waals surface area contributed by atoms with Crippen LogP contribution in [0, 0.1) is 0 Å². The Balaban J connectivity index is 1.86. The van der Waals surface area contributed by atoms with Gasteiger partial charge in [0.1, 0.15) is 17.3 Å². The summed E-state index contributed by atoms with van der Waals surface area (Å²) >= 11 is 6.04. The van der Waals surface area contributed by atoms with Crippen molar-refractivity contribution in [1.29, 1.82) is 0 Å². The molecule has 0 saturated heterocycles. The number of ether oxygens (including phenoxy) is 3. The third-order valence-corrected chi connectivity index (χ3v) is 4.28. The Hall–Kier alpha value is -2.99. The quantitative estimate of drug-likeness (QED) is 0.772. The molecule has 0 atom stereocenters. The number of nitrogens with one attached hydrogen (secondary N) is 1. The van der Waals surface area contributed by atoms with E-state index in [0.717, 1.165) is 5.56 Å². The summed E-state index contributed by atoms with van der Waals surface area (Å²) in [6, 6.07) is 10.8. The fourth-order valence-corrected chi connectivity index (χ4v) is 2.93. The van der Waals surface area contributed by atoms with Crippen LogP contribution in [0.1, 0.15) is 11.1 Å². The van der Waals surface area contributed by atoms with Gasteiger partial charge in [0.15, 0.2) is 11.5 Å². The second kappa shape index (κ2) is 8.14. The van der Waals surface area contributed by atoms with E-state index in [9.17, 15) is 4.79 Å². The van der Waals surface area contributed by atoms with Gasteiger partial charge in [0.05, 0.1) is 21.3 Å². The molecule has 140 valence electrons. The number of amides is 1. The number of amidine groups is 1. The number of carbonyl (C=O) groups is 1. The van der Waals surface area contributed by atoms with Gasteiger partial charge in [-0.1, -0.05) is 17.7 Å². The van der Waals surface area contributed by atoms with Crippen molar-refractivity contribution < 1.29 is 19.0 Å². The third-order valence-electron chi connectivity index (χ3n) is 4.05. The summed E-state index contributed by atoms with van der Waals surface area (Å²) in [7, 11) is 4.72. The highest BCUT2D eigenvalue weighted by Gasteiger charge is 2.21. The van der Waals surface area contributed by atoms with E-state index in [1.54, 1.807) is 45.6 Å². The highest BCUT2D eigenvalue weighted by molar-refractivity contribution is 6.30. The zero-order valence-electron chi connectivity index (χ0n) is 15.2. The Morgan fingerprint density at radius 1 is 1.00 bits per heavy atom. The molecule has 7 heteroatoms. The summed E-state index contributed by atoms with van der Waals surface area (Å²) in [5.74, 6) is 2.17. The maximum absolute atomic E-state index is 12.3. The summed E-state index contributed by atoms with van der Waals surface area (Å²) in [6.07, 6.45) is 2.11. The Labute approximate surface area is 162 Å². The number of halogens is 1. The van der Waals surface area contributed by atoms with Gasteiger partial charge in [0.2, 0.25) is 0 Å². The van der Waals surface area contributed by atoms with Gasteiger partial charge in [0, 0.05) is 17.0 Å². The lowest BCUT2D eigenvalue weighted by Gasteiger charge is -2.09. The molecule has 1 N–H and O–H groups in total. The van der Waals surface area contributed by atoms with Crippen LogP contribution in [0.3, 0.4) is 0 Å². The van der Waals surface area contributed by atoms with Gasteiger partial charge in [-0.3, -0.25) is 4.79 Å². The molecule has 1 aliphatic rings. The van der Waals surface area contributed by atoms with E-state index in [1.807, 2.05) is 18.2 Å². The number of methoxy groups -OCH3 is 3. The zero-order valence-corrected chi connectivity index (χ0v) is 16.0. The van der Waals surface area contributed by atoms with Crippen molar-refractivity contribution >= 4 is 29.4 Å². The van der Waals surface area contributed by atoms with Crippen LogP contribution in [-0.4, -0.2) is 33.1 Å². The van der Waals surface area contributed by atoms with Crippen molar-refractivity contribution in [3.05, 3.63) is 58.2 Å². The first-order chi connectivity index (χ1) is 13.0. The van der Waals surface area contributed by atoms with Gasteiger partial charge in [-0.05, 0) is 42.0 Å². The number of nitrogens with zero attached hydrogens (tertiary/aromatic N) is 1. The average Bonchev–Trinajstić information content (AvgIpc) is 3.00. The molecular weight excluding hydrogens is 368 g/mol. The lowest BCUT2D eigenvalue weighted by Crippen LogP contribution is -2.25. The molecule has 0 saturated carbocycles. The van der Waals surface area contributed by atoms with E-state index in [1.165, 1.54) is 0 Å². The SMILES string of the molecule is COc1ccc(Cl)cc1/C=C1/N=C(Cc2ccc(OC)c(OC)c2)NC1=O. The predicted molar refractivity (Wildman–Crippen MR) is 105 cm³/mol. The number of hydrogen-bond donors (Lipinski definition) is 1. The van der Waals surface area contributed by atoms with Crippen LogP contribution in [-0.2, 0) is 11.2 Å². The Morgan fingerprint density at radius 3 is 2.41 bits per heavy atom. The molecule has 0 unspecified atom stereocenters. The minimum Gasteiger partial charge on any atom is -0.496 e. The van der Waals surface area contributed by atoms with E-state index >= 15 is 0 Å². The number of benzene rings is 2. The molecule has 6 nitrogen and oxygen atoms in total. The molecule has 3 rings (SSSR count). The molecular formula is C20H19ClN2O4. The summed E-state index contributed by atoms with van der Waals surface area (Å²) in [5.41, 5.74) is 1.92. The van der Waals surface area contributed by atoms with Crippen molar-refractivity contribution in [3.8, 4) is 17.2 Å². The first-order valence-corrected chi connectivity index (χ1v) is 8.57. The predicted octanol–water partition coefficient (Wildman–Crippen LogP) is 3.48. The lowest BCUT2D eigenvalue weighted by atomic mass is 10.1. The summed E-state index contributed by atoms with van der Waals surface area (Å²) in [6.45, 7) is 0. The molecule has 0 aliphatic carbocycles. The number of hydrogen-bond acceptors (Lipinski definition) is 5. The van der Waals surface area contributed by atoms with Gasteiger partial charge >= 0.3 is 0 Å². The van der Waals surface area contributed by atoms with Crippen LogP contribution >= 0.6 is 11.6 Å². The van der Waals surface area contributed by atoms with E-state index in [4.69, 9.17) is 25.8 Å². The zero-order chi connectivity index (χ0) is 19.4. The van der Waals surface area contributed by atoms with Crippen molar-refractivity contribution in [3.63, 3.8) is 0 Å². The van der Waals surface area contributed by atoms with Gasteiger partial charge in [-0.25, -0.2) is 4.99 Å². The van der Waals surface area contributed by atoms with E-state index in [-0.39, 0.29) is 5.91 Å². The minimum atomic E-state index is -0.271. The molecule has 0 radical (unpaired) electrons. The number of rotatable bonds is 6. The highest BCUT2D eigenvalue weighted by Crippen LogP contribution is 2.29. The molecule has 1 amide bonds. The molecule has 27 heavy (non-hydrogen) atoms. The fraction of sp³-hybridized carbons (Fsp3) is 0.200. The molecule has 0 aromatic heterocycles.